The first-order valence-electron chi connectivity index (χ1n) is 11.0. The molecule has 0 aromatic heterocycles. The van der Waals surface area contributed by atoms with Crippen LogP contribution in [0.1, 0.15) is 33.1 Å². The van der Waals surface area contributed by atoms with Crippen molar-refractivity contribution >= 4 is 41.5 Å². The average Bonchev–Trinajstić information content (AvgIpc) is 2.80. The third-order valence-electron chi connectivity index (χ3n) is 4.48. The zero-order valence-corrected chi connectivity index (χ0v) is 20.0. The maximum Gasteiger partial charge on any atom is 0.326 e. The molecular weight excluding hydrogens is 484 g/mol. The lowest BCUT2D eigenvalue weighted by atomic mass is 10.0. The van der Waals surface area contributed by atoms with Gasteiger partial charge in [-0.3, -0.25) is 28.8 Å². The van der Waals surface area contributed by atoms with E-state index < -0.39 is 85.8 Å². The van der Waals surface area contributed by atoms with E-state index in [4.69, 9.17) is 15.9 Å². The van der Waals surface area contributed by atoms with Crippen molar-refractivity contribution in [3.05, 3.63) is 0 Å². The number of aliphatic hydroxyl groups excluding tert-OH is 1. The van der Waals surface area contributed by atoms with Crippen molar-refractivity contribution in [3.63, 3.8) is 0 Å². The number of carbonyl (C=O) groups is 7. The molecule has 0 spiro atoms. The van der Waals surface area contributed by atoms with Crippen LogP contribution in [0.3, 0.4) is 0 Å². The second-order valence-electron chi connectivity index (χ2n) is 8.14. The minimum Gasteiger partial charge on any atom is -0.481 e. The van der Waals surface area contributed by atoms with E-state index in [1.165, 1.54) is 0 Å². The minimum absolute atomic E-state index is 0.0158. The standard InChI is InChI=1S/C20H34N6O10/c1-10(2)5-12(20(35)36)25-16(30)8-23-14(28)6-22-15(29)7-24-19(34)13(9-27)26-18(33)11(21)3-4-17(31)32/h10-13,27H,3-9,21H2,1-2H3,(H,22,29)(H,23,28)(H,24,34)(H,25,30)(H,26,33)(H,31,32)(H,35,36)/t11-,12-,13-/m0/s1. The number of carboxylic acid groups (broad SMARTS) is 2. The van der Waals surface area contributed by atoms with Crippen LogP contribution in [0, 0.1) is 5.92 Å². The molecule has 0 unspecified atom stereocenters. The van der Waals surface area contributed by atoms with Gasteiger partial charge in [0.25, 0.3) is 0 Å². The fraction of sp³-hybridized carbons (Fsp3) is 0.650. The second kappa shape index (κ2) is 16.8. The topological polar surface area (TPSA) is 266 Å². The number of carbonyl (C=O) groups excluding carboxylic acids is 5. The van der Waals surface area contributed by atoms with E-state index in [1.807, 2.05) is 0 Å². The summed E-state index contributed by atoms with van der Waals surface area (Å²) >= 11 is 0. The lowest BCUT2D eigenvalue weighted by Gasteiger charge is -2.18. The number of aliphatic hydroxyl groups is 1. The minimum atomic E-state index is -1.45. The molecule has 10 N–H and O–H groups in total. The normalized spacial score (nSPS) is 13.0. The largest absolute Gasteiger partial charge is 0.481 e. The lowest BCUT2D eigenvalue weighted by Crippen LogP contribution is -2.54. The number of nitrogens with two attached hydrogens (primary N) is 1. The molecule has 0 saturated heterocycles. The van der Waals surface area contributed by atoms with Gasteiger partial charge in [0.1, 0.15) is 12.1 Å². The summed E-state index contributed by atoms with van der Waals surface area (Å²) in [6.07, 6.45) is -0.357. The van der Waals surface area contributed by atoms with Crippen LogP contribution >= 0.6 is 0 Å². The van der Waals surface area contributed by atoms with Crippen molar-refractivity contribution in [1.82, 2.24) is 26.6 Å². The Labute approximate surface area is 206 Å². The number of carboxylic acids is 2. The Hall–Kier alpha value is -3.79. The molecule has 0 aromatic carbocycles. The van der Waals surface area contributed by atoms with Crippen molar-refractivity contribution in [2.24, 2.45) is 11.7 Å². The summed E-state index contributed by atoms with van der Waals surface area (Å²) in [5.41, 5.74) is 5.52. The third-order valence-corrected chi connectivity index (χ3v) is 4.48. The number of amides is 5. The van der Waals surface area contributed by atoms with Gasteiger partial charge in [0, 0.05) is 6.42 Å². The van der Waals surface area contributed by atoms with Crippen molar-refractivity contribution in [1.29, 1.82) is 0 Å². The van der Waals surface area contributed by atoms with Gasteiger partial charge in [0.2, 0.25) is 29.5 Å². The molecule has 3 atom stereocenters. The quantitative estimate of drug-likeness (QED) is 0.0887. The van der Waals surface area contributed by atoms with E-state index in [9.17, 15) is 38.7 Å². The molecule has 0 fully saturated rings. The number of hydrogen-bond acceptors (Lipinski definition) is 9. The number of rotatable bonds is 17. The summed E-state index contributed by atoms with van der Waals surface area (Å²) in [6, 6.07) is -3.78. The van der Waals surface area contributed by atoms with Crippen LogP contribution in [-0.4, -0.2) is 101 Å². The molecule has 5 amide bonds. The van der Waals surface area contributed by atoms with Gasteiger partial charge in [0.15, 0.2) is 0 Å². The first kappa shape index (κ1) is 32.2. The summed E-state index contributed by atoms with van der Waals surface area (Å²) in [5.74, 6) is -6.43. The Balaban J connectivity index is 4.37. The van der Waals surface area contributed by atoms with E-state index in [0.29, 0.717) is 0 Å². The maximum absolute atomic E-state index is 12.1. The summed E-state index contributed by atoms with van der Waals surface area (Å²) in [5, 5.41) is 37.9. The first-order chi connectivity index (χ1) is 16.8. The van der Waals surface area contributed by atoms with Gasteiger partial charge in [0.05, 0.1) is 32.3 Å². The molecule has 0 heterocycles. The fourth-order valence-electron chi connectivity index (χ4n) is 2.59. The van der Waals surface area contributed by atoms with Gasteiger partial charge in [-0.15, -0.1) is 0 Å². The molecule has 36 heavy (non-hydrogen) atoms. The van der Waals surface area contributed by atoms with Gasteiger partial charge in [-0.1, -0.05) is 13.8 Å². The molecule has 0 aliphatic rings. The Morgan fingerprint density at radius 3 is 1.75 bits per heavy atom. The Morgan fingerprint density at radius 1 is 0.750 bits per heavy atom. The van der Waals surface area contributed by atoms with Gasteiger partial charge in [-0.2, -0.15) is 0 Å². The summed E-state index contributed by atoms with van der Waals surface area (Å²) in [7, 11) is 0. The molecule has 0 aliphatic heterocycles. The van der Waals surface area contributed by atoms with Crippen LogP contribution in [0.2, 0.25) is 0 Å². The van der Waals surface area contributed by atoms with Crippen molar-refractivity contribution in [2.75, 3.05) is 26.2 Å². The van der Waals surface area contributed by atoms with E-state index in [2.05, 4.69) is 26.6 Å². The number of hydrogen-bond donors (Lipinski definition) is 9. The first-order valence-corrected chi connectivity index (χ1v) is 11.0. The molecule has 204 valence electrons. The maximum atomic E-state index is 12.1. The van der Waals surface area contributed by atoms with Crippen LogP contribution in [-0.2, 0) is 33.6 Å². The van der Waals surface area contributed by atoms with Crippen molar-refractivity contribution in [2.45, 2.75) is 51.2 Å². The van der Waals surface area contributed by atoms with E-state index in [1.54, 1.807) is 13.8 Å². The summed E-state index contributed by atoms with van der Waals surface area (Å²) in [6.45, 7) is 1.08. The van der Waals surface area contributed by atoms with Crippen LogP contribution in [0.5, 0.6) is 0 Å². The number of aliphatic carboxylic acids is 2. The van der Waals surface area contributed by atoms with Gasteiger partial charge in [-0.25, -0.2) is 4.79 Å². The van der Waals surface area contributed by atoms with Crippen LogP contribution in [0.4, 0.5) is 0 Å². The molecule has 0 bridgehead atoms. The molecule has 0 rings (SSSR count). The smallest absolute Gasteiger partial charge is 0.326 e. The zero-order valence-electron chi connectivity index (χ0n) is 20.0. The monoisotopic (exact) mass is 518 g/mol. The lowest BCUT2D eigenvalue weighted by molar-refractivity contribution is -0.142. The Morgan fingerprint density at radius 2 is 1.28 bits per heavy atom. The third kappa shape index (κ3) is 14.5. The van der Waals surface area contributed by atoms with Gasteiger partial charge >= 0.3 is 11.9 Å². The van der Waals surface area contributed by atoms with Gasteiger partial charge < -0.3 is 47.6 Å². The average molecular weight is 519 g/mol. The van der Waals surface area contributed by atoms with Crippen molar-refractivity contribution < 1.29 is 48.9 Å². The molecule has 0 aromatic rings. The molecule has 16 nitrogen and oxygen atoms in total. The predicted octanol–water partition coefficient (Wildman–Crippen LogP) is -4.38. The highest BCUT2D eigenvalue weighted by molar-refractivity contribution is 5.93. The van der Waals surface area contributed by atoms with Crippen LogP contribution < -0.4 is 32.3 Å². The molecule has 16 heteroatoms. The second-order valence-corrected chi connectivity index (χ2v) is 8.14. The summed E-state index contributed by atoms with van der Waals surface area (Å²) in [4.78, 5) is 81.1. The number of nitrogens with one attached hydrogen (secondary N) is 5. The SMILES string of the molecule is CC(C)C[C@H](NC(=O)CNC(=O)CNC(=O)CNC(=O)[C@H](CO)NC(=O)[C@@H](N)CCC(=O)O)C(=O)O. The highest BCUT2D eigenvalue weighted by atomic mass is 16.4. The molecular formula is C20H34N6O10. The van der Waals surface area contributed by atoms with E-state index in [0.717, 1.165) is 0 Å². The highest BCUT2D eigenvalue weighted by Gasteiger charge is 2.24. The molecule has 0 aliphatic carbocycles. The highest BCUT2D eigenvalue weighted by Crippen LogP contribution is 2.04. The predicted molar refractivity (Wildman–Crippen MR) is 122 cm³/mol. The fourth-order valence-corrected chi connectivity index (χ4v) is 2.59. The van der Waals surface area contributed by atoms with Crippen LogP contribution in [0.15, 0.2) is 0 Å². The van der Waals surface area contributed by atoms with Crippen molar-refractivity contribution in [3.8, 4) is 0 Å². The zero-order chi connectivity index (χ0) is 27.8. The van der Waals surface area contributed by atoms with E-state index in [-0.39, 0.29) is 25.2 Å². The van der Waals surface area contributed by atoms with E-state index >= 15 is 0 Å². The molecule has 0 saturated carbocycles. The molecule has 0 radical (unpaired) electrons. The Bertz CT molecular complexity index is 819. The summed E-state index contributed by atoms with van der Waals surface area (Å²) < 4.78 is 0. The van der Waals surface area contributed by atoms with Crippen LogP contribution in [0.25, 0.3) is 0 Å². The Kier molecular flexibility index (Phi) is 15.0. The van der Waals surface area contributed by atoms with Gasteiger partial charge in [-0.05, 0) is 18.8 Å².